The second kappa shape index (κ2) is 5.12. The first-order chi connectivity index (χ1) is 9.63. The summed E-state index contributed by atoms with van der Waals surface area (Å²) in [7, 11) is 0. The molecule has 0 saturated heterocycles. The van der Waals surface area contributed by atoms with Gasteiger partial charge in [0, 0.05) is 12.5 Å². The van der Waals surface area contributed by atoms with Crippen LogP contribution in [0.2, 0.25) is 0 Å². The van der Waals surface area contributed by atoms with Crippen LogP contribution in [0.4, 0.5) is 0 Å². The number of carboxylic acids is 1. The molecule has 0 radical (unpaired) electrons. The van der Waals surface area contributed by atoms with Crippen LogP contribution in [0.25, 0.3) is 0 Å². The summed E-state index contributed by atoms with van der Waals surface area (Å²) >= 11 is 0. The van der Waals surface area contributed by atoms with Crippen LogP contribution in [0.5, 0.6) is 0 Å². The SMILES string of the molecule is O=C(O)c1cccc(CNC(=O)C2CC3C=CC2C3)c1. The summed E-state index contributed by atoms with van der Waals surface area (Å²) in [5.41, 5.74) is 1.07. The van der Waals surface area contributed by atoms with Gasteiger partial charge in [0.25, 0.3) is 0 Å². The second-order valence-electron chi connectivity index (χ2n) is 5.61. The van der Waals surface area contributed by atoms with Crippen molar-refractivity contribution in [1.29, 1.82) is 0 Å². The molecule has 2 aliphatic carbocycles. The maximum absolute atomic E-state index is 12.2. The molecule has 1 amide bonds. The molecule has 20 heavy (non-hydrogen) atoms. The monoisotopic (exact) mass is 271 g/mol. The molecule has 2 aliphatic rings. The maximum atomic E-state index is 12.2. The molecule has 4 heteroatoms. The Morgan fingerprint density at radius 3 is 2.75 bits per heavy atom. The van der Waals surface area contributed by atoms with Crippen molar-refractivity contribution < 1.29 is 14.7 Å². The van der Waals surface area contributed by atoms with E-state index in [0.29, 0.717) is 18.4 Å². The zero-order chi connectivity index (χ0) is 14.1. The number of amides is 1. The second-order valence-corrected chi connectivity index (χ2v) is 5.61. The van der Waals surface area contributed by atoms with Crippen molar-refractivity contribution in [3.63, 3.8) is 0 Å². The number of fused-ring (bicyclic) bond motifs is 2. The molecule has 0 aromatic heterocycles. The summed E-state index contributed by atoms with van der Waals surface area (Å²) in [6, 6.07) is 6.68. The van der Waals surface area contributed by atoms with Crippen LogP contribution in [-0.2, 0) is 11.3 Å². The first-order valence-corrected chi connectivity index (χ1v) is 6.92. The highest BCUT2D eigenvalue weighted by atomic mass is 16.4. The van der Waals surface area contributed by atoms with E-state index in [1.807, 2.05) is 6.07 Å². The van der Waals surface area contributed by atoms with Gasteiger partial charge in [-0.05, 0) is 42.4 Å². The number of carbonyl (C=O) groups is 2. The third kappa shape index (κ3) is 2.46. The van der Waals surface area contributed by atoms with Crippen molar-refractivity contribution in [2.24, 2.45) is 17.8 Å². The standard InChI is InChI=1S/C16H17NO3/c18-15(14-8-10-4-5-12(14)6-10)17-9-11-2-1-3-13(7-11)16(19)20/h1-5,7,10,12,14H,6,8-9H2,(H,17,18)(H,19,20). The van der Waals surface area contributed by atoms with Gasteiger partial charge in [-0.25, -0.2) is 4.79 Å². The lowest BCUT2D eigenvalue weighted by Crippen LogP contribution is -2.32. The molecule has 0 aliphatic heterocycles. The van der Waals surface area contributed by atoms with E-state index in [1.54, 1.807) is 18.2 Å². The van der Waals surface area contributed by atoms with E-state index in [4.69, 9.17) is 5.11 Å². The molecule has 3 unspecified atom stereocenters. The summed E-state index contributed by atoms with van der Waals surface area (Å²) in [5, 5.41) is 11.9. The number of carbonyl (C=O) groups excluding carboxylic acids is 1. The van der Waals surface area contributed by atoms with Crippen LogP contribution >= 0.6 is 0 Å². The third-order valence-corrected chi connectivity index (χ3v) is 4.26. The lowest BCUT2D eigenvalue weighted by atomic mass is 9.93. The molecule has 1 aromatic carbocycles. The number of carboxylic acid groups (broad SMARTS) is 1. The zero-order valence-electron chi connectivity index (χ0n) is 11.1. The number of rotatable bonds is 4. The molecule has 1 saturated carbocycles. The maximum Gasteiger partial charge on any atom is 0.335 e. The Bertz CT molecular complexity index is 579. The number of allylic oxidation sites excluding steroid dienone is 2. The number of hydrogen-bond donors (Lipinski definition) is 2. The molecule has 1 aromatic rings. The molecular formula is C16H17NO3. The van der Waals surface area contributed by atoms with Crippen molar-refractivity contribution in [2.75, 3.05) is 0 Å². The van der Waals surface area contributed by atoms with Gasteiger partial charge in [0.2, 0.25) is 5.91 Å². The molecule has 2 N–H and O–H groups in total. The van der Waals surface area contributed by atoms with Crippen molar-refractivity contribution in [2.45, 2.75) is 19.4 Å². The van der Waals surface area contributed by atoms with Crippen molar-refractivity contribution in [1.82, 2.24) is 5.32 Å². The van der Waals surface area contributed by atoms with Crippen molar-refractivity contribution in [3.8, 4) is 0 Å². The molecule has 4 nitrogen and oxygen atoms in total. The number of nitrogens with one attached hydrogen (secondary N) is 1. The summed E-state index contributed by atoms with van der Waals surface area (Å²) in [6.45, 7) is 0.386. The summed E-state index contributed by atoms with van der Waals surface area (Å²) < 4.78 is 0. The van der Waals surface area contributed by atoms with Crippen LogP contribution in [0.3, 0.4) is 0 Å². The van der Waals surface area contributed by atoms with E-state index < -0.39 is 5.97 Å². The van der Waals surface area contributed by atoms with Gasteiger partial charge in [-0.15, -0.1) is 0 Å². The minimum absolute atomic E-state index is 0.0857. The van der Waals surface area contributed by atoms with E-state index in [2.05, 4.69) is 17.5 Å². The molecule has 104 valence electrons. The Hall–Kier alpha value is -2.10. The van der Waals surface area contributed by atoms with E-state index >= 15 is 0 Å². The lowest BCUT2D eigenvalue weighted by Gasteiger charge is -2.17. The Morgan fingerprint density at radius 2 is 2.10 bits per heavy atom. The first-order valence-electron chi connectivity index (χ1n) is 6.92. The smallest absolute Gasteiger partial charge is 0.335 e. The number of aromatic carboxylic acids is 1. The Kier molecular flexibility index (Phi) is 3.30. The highest BCUT2D eigenvalue weighted by Crippen LogP contribution is 2.43. The molecule has 0 heterocycles. The highest BCUT2D eigenvalue weighted by Gasteiger charge is 2.39. The Morgan fingerprint density at radius 1 is 1.25 bits per heavy atom. The summed E-state index contributed by atoms with van der Waals surface area (Å²) in [5.74, 6) is 0.197. The minimum Gasteiger partial charge on any atom is -0.478 e. The predicted molar refractivity (Wildman–Crippen MR) is 74.1 cm³/mol. The van der Waals surface area contributed by atoms with Gasteiger partial charge in [0.05, 0.1) is 5.56 Å². The Balaban J connectivity index is 1.59. The Labute approximate surface area is 117 Å². The normalized spacial score (nSPS) is 26.7. The van der Waals surface area contributed by atoms with Gasteiger partial charge in [0.15, 0.2) is 0 Å². The average molecular weight is 271 g/mol. The van der Waals surface area contributed by atoms with E-state index in [-0.39, 0.29) is 17.4 Å². The highest BCUT2D eigenvalue weighted by molar-refractivity contribution is 5.87. The lowest BCUT2D eigenvalue weighted by molar-refractivity contribution is -0.125. The summed E-state index contributed by atoms with van der Waals surface area (Å²) in [6.07, 6.45) is 6.42. The summed E-state index contributed by atoms with van der Waals surface area (Å²) in [4.78, 5) is 23.1. The van der Waals surface area contributed by atoms with Crippen LogP contribution in [-0.4, -0.2) is 17.0 Å². The molecular weight excluding hydrogens is 254 g/mol. The van der Waals surface area contributed by atoms with Crippen LogP contribution < -0.4 is 5.32 Å². The number of hydrogen-bond acceptors (Lipinski definition) is 2. The van der Waals surface area contributed by atoms with Crippen LogP contribution in [0, 0.1) is 17.8 Å². The fourth-order valence-electron chi connectivity index (χ4n) is 3.22. The third-order valence-electron chi connectivity index (χ3n) is 4.26. The van der Waals surface area contributed by atoms with Crippen molar-refractivity contribution >= 4 is 11.9 Å². The van der Waals surface area contributed by atoms with E-state index in [1.165, 1.54) is 0 Å². The van der Waals surface area contributed by atoms with E-state index in [9.17, 15) is 9.59 Å². The van der Waals surface area contributed by atoms with Crippen LogP contribution in [0.15, 0.2) is 36.4 Å². The van der Waals surface area contributed by atoms with Gasteiger partial charge >= 0.3 is 5.97 Å². The fourth-order valence-corrected chi connectivity index (χ4v) is 3.22. The van der Waals surface area contributed by atoms with Crippen LogP contribution in [0.1, 0.15) is 28.8 Å². The number of benzene rings is 1. The largest absolute Gasteiger partial charge is 0.478 e. The molecule has 2 bridgehead atoms. The molecule has 3 atom stereocenters. The fraction of sp³-hybridized carbons (Fsp3) is 0.375. The van der Waals surface area contributed by atoms with E-state index in [0.717, 1.165) is 18.4 Å². The van der Waals surface area contributed by atoms with Gasteiger partial charge in [-0.1, -0.05) is 24.3 Å². The minimum atomic E-state index is -0.948. The van der Waals surface area contributed by atoms with Crippen molar-refractivity contribution in [3.05, 3.63) is 47.5 Å². The van der Waals surface area contributed by atoms with Gasteiger partial charge in [0.1, 0.15) is 0 Å². The first kappa shape index (κ1) is 12.9. The van der Waals surface area contributed by atoms with Gasteiger partial charge < -0.3 is 10.4 Å². The quantitative estimate of drug-likeness (QED) is 0.825. The predicted octanol–water partition coefficient (Wildman–Crippen LogP) is 2.21. The van der Waals surface area contributed by atoms with Gasteiger partial charge in [-0.3, -0.25) is 4.79 Å². The topological polar surface area (TPSA) is 66.4 Å². The molecule has 1 fully saturated rings. The molecule has 3 rings (SSSR count). The molecule has 0 spiro atoms. The average Bonchev–Trinajstić information content (AvgIpc) is 3.07. The zero-order valence-corrected chi connectivity index (χ0v) is 11.1. The van der Waals surface area contributed by atoms with Gasteiger partial charge in [-0.2, -0.15) is 0 Å².